The summed E-state index contributed by atoms with van der Waals surface area (Å²) in [5.41, 5.74) is -0.355. The highest BCUT2D eigenvalue weighted by Crippen LogP contribution is 2.40. The van der Waals surface area contributed by atoms with Crippen LogP contribution in [0.15, 0.2) is 73.9 Å². The van der Waals surface area contributed by atoms with Crippen molar-refractivity contribution in [3.8, 4) is 0 Å². The molecule has 1 aromatic heterocycles. The standard InChI is InChI=1S/C21H17Cl2N3O6S2/c22-14-3-5-16(23)19(12-14)33-18-6-4-15(26(28)29)13-20(18)34(30,31)25-9-7-24(8-10-25)21(27)17-2-1-11-32-17/h1-6,11-13H,7-10H2. The van der Waals surface area contributed by atoms with Crippen molar-refractivity contribution in [1.29, 1.82) is 0 Å². The van der Waals surface area contributed by atoms with Gasteiger partial charge < -0.3 is 9.32 Å². The number of halogens is 2. The van der Waals surface area contributed by atoms with Gasteiger partial charge in [0.1, 0.15) is 4.90 Å². The summed E-state index contributed by atoms with van der Waals surface area (Å²) < 4.78 is 33.4. The summed E-state index contributed by atoms with van der Waals surface area (Å²) >= 11 is 13.3. The molecular weight excluding hydrogens is 525 g/mol. The third-order valence-corrected chi connectivity index (χ3v) is 9.01. The lowest BCUT2D eigenvalue weighted by Crippen LogP contribution is -2.50. The van der Waals surface area contributed by atoms with Crippen molar-refractivity contribution in [2.24, 2.45) is 0 Å². The Kier molecular flexibility index (Phi) is 7.20. The molecule has 4 rings (SSSR count). The van der Waals surface area contributed by atoms with Crippen molar-refractivity contribution >= 4 is 56.6 Å². The Balaban J connectivity index is 1.62. The van der Waals surface area contributed by atoms with Crippen molar-refractivity contribution in [1.82, 2.24) is 9.21 Å². The minimum absolute atomic E-state index is 0.0273. The summed E-state index contributed by atoms with van der Waals surface area (Å²) in [5, 5.41) is 12.1. The second kappa shape index (κ2) is 9.96. The first-order valence-electron chi connectivity index (χ1n) is 9.91. The molecule has 0 saturated carbocycles. The maximum absolute atomic E-state index is 13.5. The molecule has 0 radical (unpaired) electrons. The van der Waals surface area contributed by atoms with E-state index in [1.54, 1.807) is 30.3 Å². The number of hydrogen-bond donors (Lipinski definition) is 0. The smallest absolute Gasteiger partial charge is 0.289 e. The molecule has 1 aliphatic heterocycles. The van der Waals surface area contributed by atoms with E-state index in [-0.39, 0.29) is 53.3 Å². The molecule has 1 fully saturated rings. The average molecular weight is 542 g/mol. The van der Waals surface area contributed by atoms with Gasteiger partial charge in [-0.3, -0.25) is 14.9 Å². The molecule has 3 aromatic rings. The van der Waals surface area contributed by atoms with Gasteiger partial charge in [0.05, 0.1) is 16.2 Å². The lowest BCUT2D eigenvalue weighted by molar-refractivity contribution is -0.385. The molecule has 0 bridgehead atoms. The average Bonchev–Trinajstić information content (AvgIpc) is 3.36. The molecule has 0 aliphatic carbocycles. The Morgan fingerprint density at radius 1 is 1.03 bits per heavy atom. The number of nitrogens with zero attached hydrogens (tertiary/aromatic N) is 3. The molecule has 1 saturated heterocycles. The number of non-ortho nitro benzene ring substituents is 1. The van der Waals surface area contributed by atoms with E-state index in [2.05, 4.69) is 0 Å². The Morgan fingerprint density at radius 2 is 1.76 bits per heavy atom. The predicted molar refractivity (Wildman–Crippen MR) is 127 cm³/mol. The number of rotatable bonds is 6. The molecule has 2 heterocycles. The van der Waals surface area contributed by atoms with Crippen LogP contribution in [-0.4, -0.2) is 54.6 Å². The maximum Gasteiger partial charge on any atom is 0.289 e. The van der Waals surface area contributed by atoms with Crippen LogP contribution in [0.2, 0.25) is 10.0 Å². The zero-order chi connectivity index (χ0) is 24.5. The van der Waals surface area contributed by atoms with Crippen LogP contribution in [0.1, 0.15) is 10.6 Å². The summed E-state index contributed by atoms with van der Waals surface area (Å²) in [7, 11) is -4.12. The van der Waals surface area contributed by atoms with Crippen LogP contribution in [0, 0.1) is 10.1 Å². The van der Waals surface area contributed by atoms with E-state index in [9.17, 15) is 23.3 Å². The van der Waals surface area contributed by atoms with Gasteiger partial charge in [0.15, 0.2) is 5.76 Å². The number of hydrogen-bond acceptors (Lipinski definition) is 7. The minimum Gasteiger partial charge on any atom is -0.459 e. The first-order chi connectivity index (χ1) is 16.2. The van der Waals surface area contributed by atoms with Gasteiger partial charge in [-0.1, -0.05) is 35.0 Å². The number of furan rings is 1. The zero-order valence-corrected chi connectivity index (χ0v) is 20.5. The van der Waals surface area contributed by atoms with Crippen LogP contribution < -0.4 is 0 Å². The molecule has 178 valence electrons. The van der Waals surface area contributed by atoms with Gasteiger partial charge in [-0.25, -0.2) is 8.42 Å². The lowest BCUT2D eigenvalue weighted by atomic mass is 10.3. The van der Waals surface area contributed by atoms with Gasteiger partial charge in [0, 0.05) is 53.1 Å². The lowest BCUT2D eigenvalue weighted by Gasteiger charge is -2.33. The van der Waals surface area contributed by atoms with Crippen molar-refractivity contribution < 1.29 is 22.6 Å². The second-order valence-corrected chi connectivity index (χ2v) is 11.1. The Morgan fingerprint density at radius 3 is 2.41 bits per heavy atom. The summed E-state index contributed by atoms with van der Waals surface area (Å²) in [6.07, 6.45) is 1.39. The molecule has 0 unspecified atom stereocenters. The molecular formula is C21H17Cl2N3O6S2. The number of amides is 1. The molecule has 1 aliphatic rings. The highest BCUT2D eigenvalue weighted by atomic mass is 35.5. The first kappa shape index (κ1) is 24.6. The van der Waals surface area contributed by atoms with Crippen molar-refractivity contribution in [2.45, 2.75) is 14.7 Å². The van der Waals surface area contributed by atoms with Crippen molar-refractivity contribution in [3.05, 3.63) is 80.7 Å². The number of sulfonamides is 1. The molecule has 0 atom stereocenters. The molecule has 0 N–H and O–H groups in total. The third-order valence-electron chi connectivity index (χ3n) is 5.13. The summed E-state index contributed by atoms with van der Waals surface area (Å²) in [4.78, 5) is 25.2. The quantitative estimate of drug-likeness (QED) is 0.325. The van der Waals surface area contributed by atoms with Crippen LogP contribution in [-0.2, 0) is 10.0 Å². The number of carbonyl (C=O) groups is 1. The van der Waals surface area contributed by atoms with Crippen LogP contribution in [0.3, 0.4) is 0 Å². The molecule has 2 aromatic carbocycles. The Bertz CT molecular complexity index is 1340. The topological polar surface area (TPSA) is 114 Å². The summed E-state index contributed by atoms with van der Waals surface area (Å²) in [6.45, 7) is 0.353. The van der Waals surface area contributed by atoms with Crippen molar-refractivity contribution in [3.63, 3.8) is 0 Å². The summed E-state index contributed by atoms with van der Waals surface area (Å²) in [5.74, 6) is -0.156. The number of nitro benzene ring substituents is 1. The molecule has 0 spiro atoms. The normalized spacial score (nSPS) is 14.8. The zero-order valence-electron chi connectivity index (χ0n) is 17.4. The van der Waals surface area contributed by atoms with Crippen LogP contribution in [0.5, 0.6) is 0 Å². The third kappa shape index (κ3) is 5.08. The van der Waals surface area contributed by atoms with Gasteiger partial charge in [0.2, 0.25) is 10.0 Å². The van der Waals surface area contributed by atoms with E-state index in [0.29, 0.717) is 14.9 Å². The fourth-order valence-electron chi connectivity index (χ4n) is 3.40. The molecule has 34 heavy (non-hydrogen) atoms. The highest BCUT2D eigenvalue weighted by Gasteiger charge is 2.33. The highest BCUT2D eigenvalue weighted by molar-refractivity contribution is 8.00. The van der Waals surface area contributed by atoms with Crippen LogP contribution in [0.25, 0.3) is 0 Å². The number of nitro groups is 1. The maximum atomic E-state index is 13.5. The number of piperazine rings is 1. The van der Waals surface area contributed by atoms with Crippen LogP contribution in [0.4, 0.5) is 5.69 Å². The van der Waals surface area contributed by atoms with Gasteiger partial charge in [0.25, 0.3) is 11.6 Å². The van der Waals surface area contributed by atoms with E-state index in [1.807, 2.05) is 0 Å². The van der Waals surface area contributed by atoms with E-state index in [4.69, 9.17) is 27.6 Å². The molecule has 9 nitrogen and oxygen atoms in total. The van der Waals surface area contributed by atoms with Gasteiger partial charge in [-0.15, -0.1) is 0 Å². The van der Waals surface area contributed by atoms with E-state index < -0.39 is 14.9 Å². The van der Waals surface area contributed by atoms with E-state index in [0.717, 1.165) is 17.8 Å². The fraction of sp³-hybridized carbons (Fsp3) is 0.190. The van der Waals surface area contributed by atoms with Gasteiger partial charge in [-0.05, 0) is 36.4 Å². The van der Waals surface area contributed by atoms with Gasteiger partial charge in [-0.2, -0.15) is 4.31 Å². The molecule has 13 heteroatoms. The fourth-order valence-corrected chi connectivity index (χ4v) is 6.71. The van der Waals surface area contributed by atoms with Gasteiger partial charge >= 0.3 is 0 Å². The minimum atomic E-state index is -4.12. The Hall–Kier alpha value is -2.57. The van der Waals surface area contributed by atoms with Crippen LogP contribution >= 0.6 is 35.0 Å². The Labute approximate surface area is 209 Å². The SMILES string of the molecule is O=C(c1ccco1)N1CCN(S(=O)(=O)c2cc([N+](=O)[O-])ccc2Sc2cc(Cl)ccc2Cl)CC1. The summed E-state index contributed by atoms with van der Waals surface area (Å²) in [6, 6.07) is 11.6. The number of benzene rings is 2. The molecule has 1 amide bonds. The second-order valence-electron chi connectivity index (χ2n) is 7.24. The van der Waals surface area contributed by atoms with E-state index >= 15 is 0 Å². The van der Waals surface area contributed by atoms with E-state index in [1.165, 1.54) is 27.6 Å². The monoisotopic (exact) mass is 541 g/mol. The first-order valence-corrected chi connectivity index (χ1v) is 12.9. The predicted octanol–water partition coefficient (Wildman–Crippen LogP) is 4.79. The number of carbonyl (C=O) groups excluding carboxylic acids is 1. The van der Waals surface area contributed by atoms with Crippen molar-refractivity contribution in [2.75, 3.05) is 26.2 Å². The largest absolute Gasteiger partial charge is 0.459 e.